The van der Waals surface area contributed by atoms with E-state index in [-0.39, 0.29) is 19.1 Å². The highest BCUT2D eigenvalue weighted by Gasteiger charge is 1.90. The minimum absolute atomic E-state index is 0.0417. The average molecular weight is 336 g/mol. The summed E-state index contributed by atoms with van der Waals surface area (Å²) in [7, 11) is 0. The van der Waals surface area contributed by atoms with Crippen LogP contribution < -0.4 is 11.5 Å². The van der Waals surface area contributed by atoms with Crippen LogP contribution in [0.25, 0.3) is 0 Å². The van der Waals surface area contributed by atoms with E-state index < -0.39 is 5.91 Å². The Bertz CT molecular complexity index is 267. The summed E-state index contributed by atoms with van der Waals surface area (Å²) in [6.07, 6.45) is 4.82. The molecule has 0 saturated carbocycles. The number of aliphatic hydroxyl groups is 2. The van der Waals surface area contributed by atoms with Gasteiger partial charge in [-0.05, 0) is 12.5 Å². The largest absolute Gasteiger partial charge is 0.394 e. The lowest BCUT2D eigenvalue weighted by atomic mass is 10.2. The lowest BCUT2D eigenvalue weighted by Crippen LogP contribution is -2.09. The Morgan fingerprint density at radius 1 is 1.00 bits per heavy atom. The van der Waals surface area contributed by atoms with Crippen molar-refractivity contribution in [1.82, 2.24) is 0 Å². The van der Waals surface area contributed by atoms with E-state index in [0.29, 0.717) is 32.8 Å². The van der Waals surface area contributed by atoms with Crippen molar-refractivity contribution in [2.75, 3.05) is 39.6 Å². The Kier molecular flexibility index (Phi) is 29.3. The highest BCUT2D eigenvalue weighted by Crippen LogP contribution is 1.96. The fourth-order valence-electron chi connectivity index (χ4n) is 1.00. The van der Waals surface area contributed by atoms with Crippen molar-refractivity contribution < 1.29 is 29.3 Å². The highest BCUT2D eigenvalue weighted by molar-refractivity contribution is 5.84. The summed E-state index contributed by atoms with van der Waals surface area (Å²) in [5.74, 6) is -0.663. The van der Waals surface area contributed by atoms with Crippen molar-refractivity contribution in [3.63, 3.8) is 0 Å². The zero-order chi connectivity index (χ0) is 18.3. The lowest BCUT2D eigenvalue weighted by Gasteiger charge is -2.01. The molecule has 0 bridgehead atoms. The smallest absolute Gasteiger partial charge is 0.240 e. The van der Waals surface area contributed by atoms with Gasteiger partial charge in [0.15, 0.2) is 0 Å². The minimum atomic E-state index is -0.481. The molecule has 8 heteroatoms. The van der Waals surface area contributed by atoms with Gasteiger partial charge in [0.1, 0.15) is 0 Å². The molecule has 0 spiro atoms. The molecule has 0 aromatic rings. The standard InChI is InChI=1S/C6H13NO.C6H14O4.C3H5NO/c1-2-3-4-5-6(7)8;7-1-3-9-5-6-10-4-2-8;1-2-3(4)5/h2-5H2,1H3,(H2,7,8);7-8H,1-6H2;2H,1H2,(H2,4,5). The SMILES string of the molecule is C=CC(N)=O.CCCCCC(N)=O.OCCOCCOCCO. The summed E-state index contributed by atoms with van der Waals surface area (Å²) in [4.78, 5) is 19.6. The second-order valence-corrected chi connectivity index (χ2v) is 4.20. The number of rotatable bonds is 12. The Balaban J connectivity index is -0.000000276. The van der Waals surface area contributed by atoms with E-state index in [1.54, 1.807) is 0 Å². The van der Waals surface area contributed by atoms with Crippen molar-refractivity contribution in [3.05, 3.63) is 12.7 Å². The number of primary amides is 2. The quantitative estimate of drug-likeness (QED) is 0.285. The van der Waals surface area contributed by atoms with Crippen LogP contribution in [-0.4, -0.2) is 61.7 Å². The second-order valence-electron chi connectivity index (χ2n) is 4.20. The third-order valence-corrected chi connectivity index (χ3v) is 2.07. The Labute approximate surface area is 138 Å². The number of nitrogens with two attached hydrogens (primary N) is 2. The maximum Gasteiger partial charge on any atom is 0.240 e. The third-order valence-electron chi connectivity index (χ3n) is 2.07. The van der Waals surface area contributed by atoms with Gasteiger partial charge in [-0.25, -0.2) is 0 Å². The van der Waals surface area contributed by atoms with Crippen LogP contribution >= 0.6 is 0 Å². The molecule has 0 heterocycles. The molecule has 0 aliphatic carbocycles. The maximum atomic E-state index is 10.1. The molecular formula is C15H32N2O6. The number of carbonyl (C=O) groups is 2. The Hall–Kier alpha value is -1.48. The first-order chi connectivity index (χ1) is 11.0. The maximum absolute atomic E-state index is 10.1. The molecule has 0 rings (SSSR count). The zero-order valence-electron chi connectivity index (χ0n) is 14.0. The number of hydrogen-bond donors (Lipinski definition) is 4. The first-order valence-electron chi connectivity index (χ1n) is 7.53. The number of aliphatic hydroxyl groups excluding tert-OH is 2. The molecule has 6 N–H and O–H groups in total. The second kappa shape index (κ2) is 25.5. The number of unbranched alkanes of at least 4 members (excludes halogenated alkanes) is 2. The molecule has 0 radical (unpaired) electrons. The van der Waals surface area contributed by atoms with Gasteiger partial charge in [-0.15, -0.1) is 0 Å². The summed E-state index contributed by atoms with van der Waals surface area (Å²) < 4.78 is 9.75. The van der Waals surface area contributed by atoms with Crippen molar-refractivity contribution in [2.45, 2.75) is 32.6 Å². The molecule has 2 amide bonds. The van der Waals surface area contributed by atoms with Crippen LogP contribution in [0.3, 0.4) is 0 Å². The van der Waals surface area contributed by atoms with Gasteiger partial charge in [0.2, 0.25) is 11.8 Å². The first kappa shape index (κ1) is 26.4. The molecule has 0 aromatic carbocycles. The minimum Gasteiger partial charge on any atom is -0.394 e. The molecule has 0 atom stereocenters. The molecule has 0 aliphatic rings. The van der Waals surface area contributed by atoms with Crippen molar-refractivity contribution in [3.8, 4) is 0 Å². The van der Waals surface area contributed by atoms with Crippen LogP contribution in [0.5, 0.6) is 0 Å². The van der Waals surface area contributed by atoms with Crippen LogP contribution in [0.15, 0.2) is 12.7 Å². The molecule has 0 aliphatic heterocycles. The van der Waals surface area contributed by atoms with E-state index in [9.17, 15) is 9.59 Å². The molecular weight excluding hydrogens is 304 g/mol. The molecule has 23 heavy (non-hydrogen) atoms. The topological polar surface area (TPSA) is 145 Å². The van der Waals surface area contributed by atoms with Gasteiger partial charge < -0.3 is 31.2 Å². The highest BCUT2D eigenvalue weighted by atomic mass is 16.5. The monoisotopic (exact) mass is 336 g/mol. The summed E-state index contributed by atoms with van der Waals surface area (Å²) in [5.41, 5.74) is 9.43. The molecule has 0 aromatic heterocycles. The van der Waals surface area contributed by atoms with Crippen molar-refractivity contribution >= 4 is 11.8 Å². The predicted octanol–water partition coefficient (Wildman–Crippen LogP) is -0.286. The normalized spacial score (nSPS) is 9.00. The average Bonchev–Trinajstić information content (AvgIpc) is 2.52. The number of carbonyl (C=O) groups excluding carboxylic acids is 2. The van der Waals surface area contributed by atoms with Gasteiger partial charge in [-0.2, -0.15) is 0 Å². The molecule has 138 valence electrons. The number of amides is 2. The van der Waals surface area contributed by atoms with E-state index in [0.717, 1.165) is 25.3 Å². The third kappa shape index (κ3) is 44.9. The Morgan fingerprint density at radius 3 is 1.70 bits per heavy atom. The first-order valence-corrected chi connectivity index (χ1v) is 7.53. The summed E-state index contributed by atoms with van der Waals surface area (Å²) in [5, 5.41) is 16.5. The summed E-state index contributed by atoms with van der Waals surface area (Å²) >= 11 is 0. The van der Waals surface area contributed by atoms with Gasteiger partial charge in [0.25, 0.3) is 0 Å². The van der Waals surface area contributed by atoms with Crippen LogP contribution in [0.1, 0.15) is 32.6 Å². The number of hydrogen-bond acceptors (Lipinski definition) is 6. The molecule has 0 saturated heterocycles. The predicted molar refractivity (Wildman–Crippen MR) is 88.5 cm³/mol. The van der Waals surface area contributed by atoms with Gasteiger partial charge in [0.05, 0.1) is 39.6 Å². The van der Waals surface area contributed by atoms with Crippen molar-refractivity contribution in [2.24, 2.45) is 11.5 Å². The van der Waals surface area contributed by atoms with Gasteiger partial charge >= 0.3 is 0 Å². The van der Waals surface area contributed by atoms with Crippen LogP contribution in [0, 0.1) is 0 Å². The van der Waals surface area contributed by atoms with Crippen molar-refractivity contribution in [1.29, 1.82) is 0 Å². The number of ether oxygens (including phenoxy) is 2. The van der Waals surface area contributed by atoms with Crippen LogP contribution in [0.4, 0.5) is 0 Å². The van der Waals surface area contributed by atoms with E-state index in [4.69, 9.17) is 25.4 Å². The van der Waals surface area contributed by atoms with Gasteiger partial charge in [-0.1, -0.05) is 26.3 Å². The van der Waals surface area contributed by atoms with Crippen LogP contribution in [-0.2, 0) is 19.1 Å². The molecule has 0 unspecified atom stereocenters. The summed E-state index contributed by atoms with van der Waals surface area (Å²) in [6, 6.07) is 0. The van der Waals surface area contributed by atoms with Gasteiger partial charge in [0, 0.05) is 6.42 Å². The summed E-state index contributed by atoms with van der Waals surface area (Å²) in [6.45, 7) is 6.91. The lowest BCUT2D eigenvalue weighted by molar-refractivity contribution is -0.118. The van der Waals surface area contributed by atoms with E-state index in [1.807, 2.05) is 0 Å². The fourth-order valence-corrected chi connectivity index (χ4v) is 1.00. The molecule has 8 nitrogen and oxygen atoms in total. The fraction of sp³-hybridized carbons (Fsp3) is 0.733. The van der Waals surface area contributed by atoms with E-state index in [2.05, 4.69) is 19.2 Å². The van der Waals surface area contributed by atoms with E-state index in [1.165, 1.54) is 0 Å². The zero-order valence-corrected chi connectivity index (χ0v) is 14.0. The van der Waals surface area contributed by atoms with Gasteiger partial charge in [-0.3, -0.25) is 9.59 Å². The molecule has 0 fully saturated rings. The van der Waals surface area contributed by atoms with E-state index >= 15 is 0 Å². The van der Waals surface area contributed by atoms with Crippen LogP contribution in [0.2, 0.25) is 0 Å². The Morgan fingerprint density at radius 2 is 1.43 bits per heavy atom.